The summed E-state index contributed by atoms with van der Waals surface area (Å²) < 4.78 is 8.98. The van der Waals surface area contributed by atoms with Crippen LogP contribution < -0.4 is 14.5 Å². The number of hydrogen-bond donors (Lipinski definition) is 0. The molecular weight excluding hydrogens is 1050 g/mol. The molecule has 6 heteroatoms. The Kier molecular flexibility index (Phi) is 12.8. The number of para-hydroxylation sites is 2. The van der Waals surface area contributed by atoms with Crippen molar-refractivity contribution < 1.29 is 25.8 Å². The molecule has 364 valence electrons. The van der Waals surface area contributed by atoms with Gasteiger partial charge in [0.15, 0.2) is 0 Å². The number of hydrogen-bond acceptors (Lipinski definition) is 4. The van der Waals surface area contributed by atoms with E-state index >= 15 is 0 Å². The van der Waals surface area contributed by atoms with Gasteiger partial charge in [-0.2, -0.15) is 12.1 Å². The molecule has 71 heavy (non-hydrogen) atoms. The Morgan fingerprint density at radius 1 is 0.493 bits per heavy atom. The third-order valence-corrected chi connectivity index (χ3v) is 13.9. The third kappa shape index (κ3) is 9.71. The minimum Gasteiger partial charge on any atom is -0.509 e. The molecule has 10 rings (SSSR count). The summed E-state index contributed by atoms with van der Waals surface area (Å²) >= 11 is 0. The number of nitrogens with zero attached hydrogens (tertiary/aromatic N) is 4. The Hall–Kier alpha value is -6.42. The van der Waals surface area contributed by atoms with Crippen LogP contribution in [0.5, 0.6) is 11.5 Å². The molecule has 0 radical (unpaired) electrons. The SMILES string of the molecule is Cc1cc(-n2c3[c-]c(Oc4[c-]c(N5[CH-]N(c6cc(C(C)(C)C)cc(C(C)(C)C)c6)c6ccccc65)ccc4)ccc3c3cc(-c4ccc(C(C)(C)C)cc4)ccc32)ncc1-c1cccc(C(C)(C)C)c1.[Pt]. The van der Waals surface area contributed by atoms with Crippen LogP contribution in [0.15, 0.2) is 152 Å². The number of fused-ring (bicyclic) bond motifs is 4. The van der Waals surface area contributed by atoms with E-state index in [2.05, 4.69) is 251 Å². The standard InChI is InChI=1S/C65H65N4O.Pt/c1-42-32-61(66-40-56(42)45-18-16-19-47(33-45)63(5,6)7)69-57-31-26-44(43-24-27-46(28-25-43)62(2,3)4)34-55(57)54-30-29-53(39-60(54)69)70-52-21-17-20-50(38-52)67-41-68(59-23-15-14-22-58(59)67)51-36-48(64(8,9)10)35-49(37-51)65(11,12)13;/h14-37,40-41H,1-13H3;/q-3;. The molecule has 7 aromatic carbocycles. The fourth-order valence-electron chi connectivity index (χ4n) is 9.56. The van der Waals surface area contributed by atoms with Crippen LogP contribution in [-0.2, 0) is 42.7 Å². The molecule has 0 N–H and O–H groups in total. The van der Waals surface area contributed by atoms with E-state index in [9.17, 15) is 0 Å². The second-order valence-corrected chi connectivity index (χ2v) is 23.3. The molecule has 0 saturated heterocycles. The second kappa shape index (κ2) is 18.3. The number of ether oxygens (including phenoxy) is 1. The quantitative estimate of drug-likeness (QED) is 0.149. The number of benzene rings is 7. The maximum absolute atomic E-state index is 6.75. The molecule has 9 aromatic rings. The van der Waals surface area contributed by atoms with E-state index in [0.717, 1.165) is 67.1 Å². The summed E-state index contributed by atoms with van der Waals surface area (Å²) in [7, 11) is 0. The number of pyridine rings is 1. The third-order valence-electron chi connectivity index (χ3n) is 13.9. The normalized spacial score (nSPS) is 13.2. The van der Waals surface area contributed by atoms with E-state index in [4.69, 9.17) is 9.72 Å². The van der Waals surface area contributed by atoms with E-state index in [-0.39, 0.29) is 42.7 Å². The van der Waals surface area contributed by atoms with Crippen LogP contribution in [0.25, 0.3) is 49.9 Å². The van der Waals surface area contributed by atoms with Crippen LogP contribution in [0.2, 0.25) is 0 Å². The Morgan fingerprint density at radius 2 is 1.11 bits per heavy atom. The van der Waals surface area contributed by atoms with Crippen molar-refractivity contribution in [2.45, 2.75) is 112 Å². The van der Waals surface area contributed by atoms with Crippen molar-refractivity contribution in [2.24, 2.45) is 0 Å². The fraction of sp³-hybridized carbons (Fsp3) is 0.262. The van der Waals surface area contributed by atoms with Gasteiger partial charge >= 0.3 is 0 Å². The minimum absolute atomic E-state index is 0. The van der Waals surface area contributed by atoms with E-state index in [1.54, 1.807) is 0 Å². The predicted octanol–water partition coefficient (Wildman–Crippen LogP) is 17.8. The first kappa shape index (κ1) is 49.6. The summed E-state index contributed by atoms with van der Waals surface area (Å²) in [4.78, 5) is 9.71. The summed E-state index contributed by atoms with van der Waals surface area (Å²) in [6, 6.07) is 60.0. The molecule has 0 fully saturated rings. The Labute approximate surface area is 436 Å². The van der Waals surface area contributed by atoms with Gasteiger partial charge in [-0.25, -0.2) is 4.98 Å². The molecular formula is C65H65N4OPt-3. The largest absolute Gasteiger partial charge is 0.509 e. The predicted molar refractivity (Wildman–Crippen MR) is 295 cm³/mol. The Balaban J connectivity index is 0.00000624. The molecule has 0 saturated carbocycles. The first-order valence-electron chi connectivity index (χ1n) is 24.7. The first-order chi connectivity index (χ1) is 33.1. The van der Waals surface area contributed by atoms with Crippen LogP contribution in [0, 0.1) is 25.7 Å². The molecule has 0 atom stereocenters. The van der Waals surface area contributed by atoms with Crippen molar-refractivity contribution in [2.75, 3.05) is 9.80 Å². The van der Waals surface area contributed by atoms with Crippen LogP contribution in [0.1, 0.15) is 111 Å². The van der Waals surface area contributed by atoms with Crippen molar-refractivity contribution in [1.82, 2.24) is 9.55 Å². The summed E-state index contributed by atoms with van der Waals surface area (Å²) in [5, 5.41) is 2.20. The fourth-order valence-corrected chi connectivity index (χ4v) is 9.56. The number of rotatable bonds is 7. The van der Waals surface area contributed by atoms with Crippen LogP contribution >= 0.6 is 0 Å². The molecule has 5 nitrogen and oxygen atoms in total. The van der Waals surface area contributed by atoms with Crippen molar-refractivity contribution in [3.05, 3.63) is 198 Å². The summed E-state index contributed by atoms with van der Waals surface area (Å²) in [6.45, 7) is 31.6. The second-order valence-electron chi connectivity index (χ2n) is 23.3. The zero-order valence-corrected chi connectivity index (χ0v) is 45.8. The van der Waals surface area contributed by atoms with E-state index in [1.165, 1.54) is 33.4 Å². The van der Waals surface area contributed by atoms with Gasteiger partial charge in [0.05, 0.1) is 0 Å². The van der Waals surface area contributed by atoms with E-state index in [1.807, 2.05) is 24.4 Å². The van der Waals surface area contributed by atoms with Crippen molar-refractivity contribution >= 4 is 44.6 Å². The first-order valence-corrected chi connectivity index (χ1v) is 24.7. The van der Waals surface area contributed by atoms with Crippen LogP contribution in [0.4, 0.5) is 22.7 Å². The van der Waals surface area contributed by atoms with Gasteiger partial charge in [-0.15, -0.1) is 48.1 Å². The molecule has 3 heterocycles. The molecule has 0 aliphatic carbocycles. The van der Waals surface area contributed by atoms with Crippen molar-refractivity contribution in [3.8, 4) is 39.6 Å². The Morgan fingerprint density at radius 3 is 1.76 bits per heavy atom. The summed E-state index contributed by atoms with van der Waals surface area (Å²) in [5.41, 5.74) is 17.3. The number of aromatic nitrogens is 2. The van der Waals surface area contributed by atoms with Crippen molar-refractivity contribution in [3.63, 3.8) is 0 Å². The zero-order chi connectivity index (χ0) is 49.5. The number of aryl methyl sites for hydroxylation is 1. The molecule has 0 amide bonds. The molecule has 0 bridgehead atoms. The monoisotopic (exact) mass is 1110 g/mol. The average molecular weight is 1110 g/mol. The molecule has 1 aliphatic rings. The van der Waals surface area contributed by atoms with Gasteiger partial charge in [-0.1, -0.05) is 167 Å². The molecule has 0 spiro atoms. The van der Waals surface area contributed by atoms with E-state index in [0.29, 0.717) is 11.5 Å². The Bertz CT molecular complexity index is 3410. The average Bonchev–Trinajstić information content (AvgIpc) is 3.86. The zero-order valence-electron chi connectivity index (χ0n) is 43.5. The maximum Gasteiger partial charge on any atom is 0.135 e. The van der Waals surface area contributed by atoms with Crippen molar-refractivity contribution in [1.29, 1.82) is 0 Å². The summed E-state index contributed by atoms with van der Waals surface area (Å²) in [6.07, 6.45) is 2.02. The van der Waals surface area contributed by atoms with Gasteiger partial charge in [-0.05, 0) is 115 Å². The minimum atomic E-state index is -0.0101. The van der Waals surface area contributed by atoms with Gasteiger partial charge in [0.25, 0.3) is 0 Å². The number of anilines is 4. The van der Waals surface area contributed by atoms with Gasteiger partial charge in [-0.3, -0.25) is 0 Å². The maximum atomic E-state index is 6.75. The molecule has 1 aliphatic heterocycles. The van der Waals surface area contributed by atoms with Gasteiger partial charge < -0.3 is 19.1 Å². The topological polar surface area (TPSA) is 33.5 Å². The van der Waals surface area contributed by atoms with E-state index < -0.39 is 0 Å². The van der Waals surface area contributed by atoms with Gasteiger partial charge in [0, 0.05) is 66.9 Å². The summed E-state index contributed by atoms with van der Waals surface area (Å²) in [5.74, 6) is 2.02. The van der Waals surface area contributed by atoms with Crippen LogP contribution in [0.3, 0.4) is 0 Å². The van der Waals surface area contributed by atoms with Gasteiger partial charge in [0.2, 0.25) is 0 Å². The molecule has 0 unspecified atom stereocenters. The van der Waals surface area contributed by atoms with Crippen LogP contribution in [-0.4, -0.2) is 9.55 Å². The van der Waals surface area contributed by atoms with Gasteiger partial charge in [0.1, 0.15) is 5.82 Å². The smallest absolute Gasteiger partial charge is 0.135 e. The molecule has 2 aromatic heterocycles.